The number of hydrogen-bond donors (Lipinski definition) is 1. The van der Waals surface area contributed by atoms with Crippen LogP contribution in [0.25, 0.3) is 0 Å². The average molecular weight is 479 g/mol. The molecule has 3 heterocycles. The summed E-state index contributed by atoms with van der Waals surface area (Å²) < 4.78 is 11.1. The predicted molar refractivity (Wildman–Crippen MR) is 137 cm³/mol. The van der Waals surface area contributed by atoms with Gasteiger partial charge in [-0.2, -0.15) is 0 Å². The normalized spacial score (nSPS) is 16.5. The number of carbonyl (C=O) groups is 1. The largest absolute Gasteiger partial charge is 0.378 e. The molecule has 3 aromatic rings. The third-order valence-electron chi connectivity index (χ3n) is 6.20. The summed E-state index contributed by atoms with van der Waals surface area (Å²) in [5.41, 5.74) is 4.97. The lowest BCUT2D eigenvalue weighted by molar-refractivity contribution is 0.102. The van der Waals surface area contributed by atoms with Gasteiger partial charge in [0.2, 0.25) is 0 Å². The fourth-order valence-electron chi connectivity index (χ4n) is 4.40. The molecule has 0 bridgehead atoms. The van der Waals surface area contributed by atoms with Crippen LogP contribution in [0.4, 0.5) is 17.1 Å². The van der Waals surface area contributed by atoms with Crippen molar-refractivity contribution in [2.75, 3.05) is 67.7 Å². The monoisotopic (exact) mass is 478 g/mol. The molecule has 0 atom stereocenters. The number of morpholine rings is 2. The molecular weight excluding hydrogens is 448 g/mol. The number of aryl methyl sites for hydroxylation is 1. The molecule has 7 nitrogen and oxygen atoms in total. The Morgan fingerprint density at radius 2 is 1.65 bits per heavy atom. The molecule has 1 amide bonds. The van der Waals surface area contributed by atoms with Crippen LogP contribution in [0.5, 0.6) is 0 Å². The Bertz CT molecular complexity index is 1120. The van der Waals surface area contributed by atoms with Gasteiger partial charge < -0.3 is 24.6 Å². The van der Waals surface area contributed by atoms with Crippen LogP contribution in [0, 0.1) is 6.92 Å². The molecule has 8 heteroatoms. The maximum atomic E-state index is 13.3. The fourth-order valence-corrected chi connectivity index (χ4v) is 5.39. The Hall–Kier alpha value is -2.94. The van der Waals surface area contributed by atoms with Gasteiger partial charge in [0, 0.05) is 38.3 Å². The minimum absolute atomic E-state index is 0.108. The molecule has 2 saturated heterocycles. The quantitative estimate of drug-likeness (QED) is 0.578. The highest BCUT2D eigenvalue weighted by atomic mass is 32.1. The van der Waals surface area contributed by atoms with Crippen LogP contribution in [0.3, 0.4) is 0 Å². The number of hydrogen-bond acceptors (Lipinski definition) is 7. The third kappa shape index (κ3) is 5.24. The second kappa shape index (κ2) is 10.5. The summed E-state index contributed by atoms with van der Waals surface area (Å²) in [5, 5.41) is 4.13. The summed E-state index contributed by atoms with van der Waals surface area (Å²) in [6, 6.07) is 16.5. The van der Waals surface area contributed by atoms with Crippen molar-refractivity contribution in [1.29, 1.82) is 0 Å². The van der Waals surface area contributed by atoms with E-state index in [1.807, 2.05) is 31.2 Å². The maximum absolute atomic E-state index is 13.3. The molecule has 0 unspecified atom stereocenters. The van der Waals surface area contributed by atoms with Gasteiger partial charge >= 0.3 is 0 Å². The molecule has 0 saturated carbocycles. The minimum atomic E-state index is -0.108. The molecule has 34 heavy (non-hydrogen) atoms. The van der Waals surface area contributed by atoms with Gasteiger partial charge in [-0.25, -0.2) is 4.98 Å². The Balaban J connectivity index is 1.38. The maximum Gasteiger partial charge on any atom is 0.267 e. The van der Waals surface area contributed by atoms with Gasteiger partial charge in [0.1, 0.15) is 4.88 Å². The molecule has 2 aliphatic heterocycles. The van der Waals surface area contributed by atoms with Crippen LogP contribution in [0.1, 0.15) is 25.9 Å². The van der Waals surface area contributed by atoms with Crippen LogP contribution in [0.15, 0.2) is 48.5 Å². The Kier molecular flexibility index (Phi) is 7.08. The zero-order chi connectivity index (χ0) is 23.3. The first-order valence-electron chi connectivity index (χ1n) is 11.8. The van der Waals surface area contributed by atoms with Crippen molar-refractivity contribution in [3.05, 3.63) is 69.7 Å². The second-order valence-corrected chi connectivity index (χ2v) is 9.62. The molecular formula is C26H30N4O3S. The highest BCUT2D eigenvalue weighted by molar-refractivity contribution is 7.14. The first kappa shape index (κ1) is 22.8. The zero-order valence-corrected chi connectivity index (χ0v) is 20.3. The van der Waals surface area contributed by atoms with E-state index >= 15 is 0 Å². The van der Waals surface area contributed by atoms with E-state index < -0.39 is 0 Å². The van der Waals surface area contributed by atoms with Crippen molar-refractivity contribution >= 4 is 34.3 Å². The van der Waals surface area contributed by atoms with E-state index in [0.717, 1.165) is 73.6 Å². The summed E-state index contributed by atoms with van der Waals surface area (Å²) in [6.07, 6.45) is 0.729. The zero-order valence-electron chi connectivity index (χ0n) is 19.5. The van der Waals surface area contributed by atoms with Crippen LogP contribution < -0.4 is 15.1 Å². The lowest BCUT2D eigenvalue weighted by atomic mass is 10.1. The number of nitrogens with zero attached hydrogens (tertiary/aromatic N) is 3. The SMILES string of the molecule is Cc1nc(Cc2ccccc2)sc1C(=O)Nc1ccc(N2CCOCC2)cc1N1CCOCC1. The minimum Gasteiger partial charge on any atom is -0.378 e. The van der Waals surface area contributed by atoms with Gasteiger partial charge in [0.05, 0.1) is 48.5 Å². The fraction of sp³-hybridized carbons (Fsp3) is 0.385. The lowest BCUT2D eigenvalue weighted by Crippen LogP contribution is -2.38. The van der Waals surface area contributed by atoms with E-state index in [-0.39, 0.29) is 5.91 Å². The Morgan fingerprint density at radius 3 is 2.35 bits per heavy atom. The van der Waals surface area contributed by atoms with Crippen LogP contribution in [-0.4, -0.2) is 63.5 Å². The van der Waals surface area contributed by atoms with E-state index in [0.29, 0.717) is 18.1 Å². The standard InChI is InChI=1S/C26H30N4O3S/c1-19-25(34-24(27-19)17-20-5-3-2-4-6-20)26(31)28-22-8-7-21(29-9-13-32-14-10-29)18-23(22)30-11-15-33-16-12-30/h2-8,18H,9-17H2,1H3,(H,28,31). The number of nitrogens with one attached hydrogen (secondary N) is 1. The highest BCUT2D eigenvalue weighted by Crippen LogP contribution is 2.33. The number of rotatable bonds is 6. The van der Waals surface area contributed by atoms with Crippen molar-refractivity contribution in [3.63, 3.8) is 0 Å². The van der Waals surface area contributed by atoms with E-state index in [9.17, 15) is 4.79 Å². The summed E-state index contributed by atoms with van der Waals surface area (Å²) in [4.78, 5) is 23.3. The summed E-state index contributed by atoms with van der Waals surface area (Å²) in [6.45, 7) is 8.11. The van der Waals surface area contributed by atoms with Crippen molar-refractivity contribution in [2.24, 2.45) is 0 Å². The molecule has 2 aromatic carbocycles. The summed E-state index contributed by atoms with van der Waals surface area (Å²) in [7, 11) is 0. The smallest absolute Gasteiger partial charge is 0.267 e. The van der Waals surface area contributed by atoms with Crippen LogP contribution in [-0.2, 0) is 15.9 Å². The number of anilines is 3. The van der Waals surface area contributed by atoms with Gasteiger partial charge in [-0.15, -0.1) is 11.3 Å². The van der Waals surface area contributed by atoms with Crippen molar-refractivity contribution in [1.82, 2.24) is 4.98 Å². The number of carbonyl (C=O) groups excluding carboxylic acids is 1. The van der Waals surface area contributed by atoms with Crippen molar-refractivity contribution < 1.29 is 14.3 Å². The third-order valence-corrected chi connectivity index (χ3v) is 7.36. The Labute approximate surface area is 204 Å². The molecule has 0 radical (unpaired) electrons. The Morgan fingerprint density at radius 1 is 0.971 bits per heavy atom. The number of amides is 1. The van der Waals surface area contributed by atoms with Crippen molar-refractivity contribution in [2.45, 2.75) is 13.3 Å². The topological polar surface area (TPSA) is 66.9 Å². The van der Waals surface area contributed by atoms with E-state index in [1.54, 1.807) is 0 Å². The molecule has 2 aliphatic rings. The first-order chi connectivity index (χ1) is 16.7. The van der Waals surface area contributed by atoms with Gasteiger partial charge in [-0.05, 0) is 30.7 Å². The molecule has 2 fully saturated rings. The van der Waals surface area contributed by atoms with E-state index in [4.69, 9.17) is 9.47 Å². The van der Waals surface area contributed by atoms with Crippen LogP contribution >= 0.6 is 11.3 Å². The molecule has 178 valence electrons. The molecule has 1 aromatic heterocycles. The highest BCUT2D eigenvalue weighted by Gasteiger charge is 2.22. The first-order valence-corrected chi connectivity index (χ1v) is 12.6. The predicted octanol–water partition coefficient (Wildman–Crippen LogP) is 3.97. The van der Waals surface area contributed by atoms with Gasteiger partial charge in [0.15, 0.2) is 0 Å². The molecule has 1 N–H and O–H groups in total. The summed E-state index contributed by atoms with van der Waals surface area (Å²) >= 11 is 1.47. The van der Waals surface area contributed by atoms with E-state index in [2.05, 4.69) is 44.4 Å². The van der Waals surface area contributed by atoms with E-state index in [1.165, 1.54) is 16.9 Å². The van der Waals surface area contributed by atoms with Gasteiger partial charge in [-0.1, -0.05) is 30.3 Å². The second-order valence-electron chi connectivity index (χ2n) is 8.54. The number of ether oxygens (including phenoxy) is 2. The number of aromatic nitrogens is 1. The van der Waals surface area contributed by atoms with Crippen molar-refractivity contribution in [3.8, 4) is 0 Å². The van der Waals surface area contributed by atoms with Crippen LogP contribution in [0.2, 0.25) is 0 Å². The molecule has 0 spiro atoms. The molecule has 0 aliphatic carbocycles. The average Bonchev–Trinajstić information content (AvgIpc) is 3.26. The van der Waals surface area contributed by atoms with Gasteiger partial charge in [0.25, 0.3) is 5.91 Å². The van der Waals surface area contributed by atoms with Gasteiger partial charge in [-0.3, -0.25) is 4.79 Å². The lowest BCUT2D eigenvalue weighted by Gasteiger charge is -2.33. The summed E-state index contributed by atoms with van der Waals surface area (Å²) in [5.74, 6) is -0.108. The number of thiazole rings is 1. The molecule has 5 rings (SSSR count). The number of benzene rings is 2.